The van der Waals surface area contributed by atoms with Crippen molar-refractivity contribution in [2.24, 2.45) is 5.73 Å². The average molecular weight is 198 g/mol. The summed E-state index contributed by atoms with van der Waals surface area (Å²) in [6, 6.07) is 0. The van der Waals surface area contributed by atoms with Gasteiger partial charge >= 0.3 is 0 Å². The van der Waals surface area contributed by atoms with Crippen LogP contribution in [0.3, 0.4) is 0 Å². The molecule has 2 nitrogen and oxygen atoms in total. The van der Waals surface area contributed by atoms with E-state index in [1.807, 2.05) is 0 Å². The molecule has 0 saturated heterocycles. The maximum atomic E-state index is 5.95. The van der Waals surface area contributed by atoms with Crippen LogP contribution in [0.2, 0.25) is 0 Å². The molecule has 0 aromatic carbocycles. The molecule has 3 N–H and O–H groups in total. The third-order valence-electron chi connectivity index (χ3n) is 3.09. The van der Waals surface area contributed by atoms with Gasteiger partial charge in [-0.1, -0.05) is 25.7 Å². The highest BCUT2D eigenvalue weighted by Gasteiger charge is 2.32. The lowest BCUT2D eigenvalue weighted by atomic mass is 9.87. The maximum absolute atomic E-state index is 5.95. The molecule has 0 aliphatic heterocycles. The number of nitrogens with one attached hydrogen (secondary N) is 1. The highest BCUT2D eigenvalue weighted by molar-refractivity contribution is 4.94. The lowest BCUT2D eigenvalue weighted by molar-refractivity contribution is 0.222. The molecule has 1 aliphatic carbocycles. The first-order valence-corrected chi connectivity index (χ1v) is 5.97. The topological polar surface area (TPSA) is 38.0 Å². The van der Waals surface area contributed by atoms with Crippen molar-refractivity contribution in [1.82, 2.24) is 5.32 Å². The predicted octanol–water partition coefficient (Wildman–Crippen LogP) is 2.43. The molecule has 0 heterocycles. The van der Waals surface area contributed by atoms with Gasteiger partial charge < -0.3 is 11.1 Å². The van der Waals surface area contributed by atoms with Crippen LogP contribution in [0, 0.1) is 0 Å². The van der Waals surface area contributed by atoms with Gasteiger partial charge in [-0.2, -0.15) is 0 Å². The van der Waals surface area contributed by atoms with Crippen molar-refractivity contribution in [3.63, 3.8) is 0 Å². The van der Waals surface area contributed by atoms with Crippen molar-refractivity contribution < 1.29 is 0 Å². The first-order chi connectivity index (χ1) is 6.47. The Hall–Kier alpha value is -0.0800. The fourth-order valence-electron chi connectivity index (χ4n) is 2.58. The number of hydrogen-bond donors (Lipinski definition) is 2. The fraction of sp³-hybridized carbons (Fsp3) is 1.00. The van der Waals surface area contributed by atoms with E-state index in [0.717, 1.165) is 6.54 Å². The zero-order chi connectivity index (χ0) is 10.7. The third-order valence-corrected chi connectivity index (χ3v) is 3.09. The minimum atomic E-state index is 0.184. The van der Waals surface area contributed by atoms with Crippen LogP contribution in [0.1, 0.15) is 59.3 Å². The first-order valence-electron chi connectivity index (χ1n) is 5.97. The van der Waals surface area contributed by atoms with E-state index in [0.29, 0.717) is 0 Å². The average Bonchev–Trinajstić information content (AvgIpc) is 2.28. The SMILES string of the molecule is CC(C)(C)NC1(CN)CCCCCC1. The second kappa shape index (κ2) is 4.63. The second-order valence-electron chi connectivity index (χ2n) is 5.77. The van der Waals surface area contributed by atoms with Crippen molar-refractivity contribution in [1.29, 1.82) is 0 Å². The van der Waals surface area contributed by atoms with Gasteiger partial charge in [0, 0.05) is 17.6 Å². The molecule has 1 fully saturated rings. The summed E-state index contributed by atoms with van der Waals surface area (Å²) < 4.78 is 0. The monoisotopic (exact) mass is 198 g/mol. The second-order valence-corrected chi connectivity index (χ2v) is 5.77. The van der Waals surface area contributed by atoms with Crippen molar-refractivity contribution in [3.8, 4) is 0 Å². The van der Waals surface area contributed by atoms with Crippen LogP contribution in [-0.2, 0) is 0 Å². The summed E-state index contributed by atoms with van der Waals surface area (Å²) in [5.74, 6) is 0. The van der Waals surface area contributed by atoms with E-state index in [1.54, 1.807) is 0 Å². The molecule has 0 spiro atoms. The minimum absolute atomic E-state index is 0.184. The van der Waals surface area contributed by atoms with Crippen molar-refractivity contribution in [3.05, 3.63) is 0 Å². The summed E-state index contributed by atoms with van der Waals surface area (Å²) in [6.07, 6.45) is 7.93. The van der Waals surface area contributed by atoms with Gasteiger partial charge in [-0.3, -0.25) is 0 Å². The smallest absolute Gasteiger partial charge is 0.0308 e. The van der Waals surface area contributed by atoms with Crippen molar-refractivity contribution in [2.75, 3.05) is 6.54 Å². The Morgan fingerprint density at radius 2 is 1.57 bits per heavy atom. The molecule has 0 atom stereocenters. The quantitative estimate of drug-likeness (QED) is 0.669. The summed E-state index contributed by atoms with van der Waals surface area (Å²) >= 11 is 0. The van der Waals surface area contributed by atoms with E-state index in [-0.39, 0.29) is 11.1 Å². The van der Waals surface area contributed by atoms with Crippen LogP contribution in [0.15, 0.2) is 0 Å². The molecule has 0 unspecified atom stereocenters. The predicted molar refractivity (Wildman–Crippen MR) is 62.4 cm³/mol. The van der Waals surface area contributed by atoms with Crippen LogP contribution in [-0.4, -0.2) is 17.6 Å². The highest BCUT2D eigenvalue weighted by atomic mass is 15.1. The Morgan fingerprint density at radius 3 is 1.93 bits per heavy atom. The van der Waals surface area contributed by atoms with Gasteiger partial charge in [0.2, 0.25) is 0 Å². The maximum Gasteiger partial charge on any atom is 0.0308 e. The molecule has 0 amide bonds. The highest BCUT2D eigenvalue weighted by Crippen LogP contribution is 2.28. The molecule has 14 heavy (non-hydrogen) atoms. The number of rotatable bonds is 2. The molecule has 0 aromatic heterocycles. The first kappa shape index (κ1) is 12.0. The number of hydrogen-bond acceptors (Lipinski definition) is 2. The third kappa shape index (κ3) is 3.58. The van der Waals surface area contributed by atoms with Gasteiger partial charge in [0.1, 0.15) is 0 Å². The largest absolute Gasteiger partial charge is 0.329 e. The molecule has 84 valence electrons. The van der Waals surface area contributed by atoms with Crippen LogP contribution in [0.4, 0.5) is 0 Å². The molecule has 1 saturated carbocycles. The molecule has 2 heteroatoms. The molecular weight excluding hydrogens is 172 g/mol. The van der Waals surface area contributed by atoms with Gasteiger partial charge in [0.25, 0.3) is 0 Å². The Bertz CT molecular complexity index is 162. The Kier molecular flexibility index (Phi) is 3.96. The minimum Gasteiger partial charge on any atom is -0.329 e. The van der Waals surface area contributed by atoms with Crippen molar-refractivity contribution in [2.45, 2.75) is 70.4 Å². The standard InChI is InChI=1S/C12H26N2/c1-11(2,3)14-12(10-13)8-6-4-5-7-9-12/h14H,4-10,13H2,1-3H3. The van der Waals surface area contributed by atoms with E-state index in [9.17, 15) is 0 Å². The van der Waals surface area contributed by atoms with E-state index in [4.69, 9.17) is 5.73 Å². The molecular formula is C12H26N2. The molecule has 1 aliphatic rings. The van der Waals surface area contributed by atoms with E-state index >= 15 is 0 Å². The molecule has 1 rings (SSSR count). The van der Waals surface area contributed by atoms with Crippen LogP contribution >= 0.6 is 0 Å². The normalized spacial score (nSPS) is 23.1. The van der Waals surface area contributed by atoms with Gasteiger partial charge in [0.05, 0.1) is 0 Å². The van der Waals surface area contributed by atoms with Crippen LogP contribution in [0.25, 0.3) is 0 Å². The van der Waals surface area contributed by atoms with E-state index in [2.05, 4.69) is 26.1 Å². The van der Waals surface area contributed by atoms with Crippen LogP contribution in [0.5, 0.6) is 0 Å². The van der Waals surface area contributed by atoms with Crippen LogP contribution < -0.4 is 11.1 Å². The summed E-state index contributed by atoms with van der Waals surface area (Å²) in [4.78, 5) is 0. The zero-order valence-corrected chi connectivity index (χ0v) is 10.0. The fourth-order valence-corrected chi connectivity index (χ4v) is 2.58. The Labute approximate surface area is 88.6 Å². The molecule has 0 radical (unpaired) electrons. The van der Waals surface area contributed by atoms with Crippen molar-refractivity contribution >= 4 is 0 Å². The van der Waals surface area contributed by atoms with Gasteiger partial charge in [-0.05, 0) is 33.6 Å². The Morgan fingerprint density at radius 1 is 1.07 bits per heavy atom. The zero-order valence-electron chi connectivity index (χ0n) is 10.0. The lowest BCUT2D eigenvalue weighted by Crippen LogP contribution is -2.57. The molecule has 0 bridgehead atoms. The summed E-state index contributed by atoms with van der Waals surface area (Å²) in [5.41, 5.74) is 6.35. The van der Waals surface area contributed by atoms with Gasteiger partial charge in [-0.25, -0.2) is 0 Å². The summed E-state index contributed by atoms with van der Waals surface area (Å²) in [6.45, 7) is 7.48. The Balaban J connectivity index is 2.63. The lowest BCUT2D eigenvalue weighted by Gasteiger charge is -2.39. The summed E-state index contributed by atoms with van der Waals surface area (Å²) in [7, 11) is 0. The molecule has 0 aromatic rings. The van der Waals surface area contributed by atoms with E-state index in [1.165, 1.54) is 38.5 Å². The summed E-state index contributed by atoms with van der Waals surface area (Å²) in [5, 5.41) is 3.74. The van der Waals surface area contributed by atoms with E-state index < -0.39 is 0 Å². The van der Waals surface area contributed by atoms with Gasteiger partial charge in [0.15, 0.2) is 0 Å². The number of nitrogens with two attached hydrogens (primary N) is 1. The van der Waals surface area contributed by atoms with Gasteiger partial charge in [-0.15, -0.1) is 0 Å².